The van der Waals surface area contributed by atoms with Crippen LogP contribution in [0.15, 0.2) is 21.6 Å². The molecule has 0 radical (unpaired) electrons. The number of nitrogens with one attached hydrogen (secondary N) is 1. The SMILES string of the molecule is CCNCc1ccc(S(=O)(=O)N2CCCOC(C)C2)o1. The Labute approximate surface area is 120 Å². The number of rotatable bonds is 5. The third kappa shape index (κ3) is 3.60. The molecule has 2 heterocycles. The molecule has 1 unspecified atom stereocenters. The van der Waals surface area contributed by atoms with Crippen LogP contribution in [0.2, 0.25) is 0 Å². The molecule has 1 N–H and O–H groups in total. The van der Waals surface area contributed by atoms with E-state index in [9.17, 15) is 8.42 Å². The van der Waals surface area contributed by atoms with Crippen molar-refractivity contribution in [2.24, 2.45) is 0 Å². The molecular formula is C13H22N2O4S. The van der Waals surface area contributed by atoms with Gasteiger partial charge in [-0.3, -0.25) is 0 Å². The lowest BCUT2D eigenvalue weighted by Gasteiger charge is -2.20. The van der Waals surface area contributed by atoms with E-state index in [4.69, 9.17) is 9.15 Å². The van der Waals surface area contributed by atoms with Crippen molar-refractivity contribution in [3.63, 3.8) is 0 Å². The Bertz CT molecular complexity index is 526. The standard InChI is InChI=1S/C13H22N2O4S/c1-3-14-9-12-5-6-13(19-12)20(16,17)15-7-4-8-18-11(2)10-15/h5-6,11,14H,3-4,7-10H2,1-2H3. The van der Waals surface area contributed by atoms with Crippen molar-refractivity contribution in [3.8, 4) is 0 Å². The average molecular weight is 302 g/mol. The molecule has 1 aromatic rings. The van der Waals surface area contributed by atoms with E-state index in [2.05, 4.69) is 5.32 Å². The van der Waals surface area contributed by atoms with Crippen LogP contribution in [-0.4, -0.2) is 45.1 Å². The minimum atomic E-state index is -3.56. The van der Waals surface area contributed by atoms with Gasteiger partial charge in [-0.1, -0.05) is 6.92 Å². The Morgan fingerprint density at radius 2 is 2.25 bits per heavy atom. The number of nitrogens with zero attached hydrogens (tertiary/aromatic N) is 1. The van der Waals surface area contributed by atoms with Crippen LogP contribution in [0.5, 0.6) is 0 Å². The van der Waals surface area contributed by atoms with Crippen LogP contribution < -0.4 is 5.32 Å². The van der Waals surface area contributed by atoms with Gasteiger partial charge in [0.25, 0.3) is 10.0 Å². The summed E-state index contributed by atoms with van der Waals surface area (Å²) in [7, 11) is -3.56. The van der Waals surface area contributed by atoms with Crippen molar-refractivity contribution in [2.75, 3.05) is 26.2 Å². The van der Waals surface area contributed by atoms with Crippen LogP contribution in [0.25, 0.3) is 0 Å². The molecular weight excluding hydrogens is 280 g/mol. The summed E-state index contributed by atoms with van der Waals surface area (Å²) in [6.07, 6.45) is 0.609. The summed E-state index contributed by atoms with van der Waals surface area (Å²) in [4.78, 5) is 0. The second kappa shape index (κ2) is 6.71. The van der Waals surface area contributed by atoms with Crippen molar-refractivity contribution in [3.05, 3.63) is 17.9 Å². The number of hydrogen-bond donors (Lipinski definition) is 1. The van der Waals surface area contributed by atoms with Gasteiger partial charge < -0.3 is 14.5 Å². The van der Waals surface area contributed by atoms with Crippen molar-refractivity contribution in [2.45, 2.75) is 38.0 Å². The van der Waals surface area contributed by atoms with Crippen molar-refractivity contribution >= 4 is 10.0 Å². The molecule has 20 heavy (non-hydrogen) atoms. The summed E-state index contributed by atoms with van der Waals surface area (Å²) < 4.78 is 37.4. The van der Waals surface area contributed by atoms with Gasteiger partial charge in [0.15, 0.2) is 0 Å². The molecule has 2 rings (SSSR count). The third-order valence-corrected chi connectivity index (χ3v) is 4.93. The maximum Gasteiger partial charge on any atom is 0.276 e. The molecule has 7 heteroatoms. The number of ether oxygens (including phenoxy) is 1. The van der Waals surface area contributed by atoms with Gasteiger partial charge in [0, 0.05) is 19.7 Å². The molecule has 1 aliphatic rings. The summed E-state index contributed by atoms with van der Waals surface area (Å²) in [5.74, 6) is 0.629. The fourth-order valence-corrected chi connectivity index (χ4v) is 3.62. The molecule has 0 aliphatic carbocycles. The van der Waals surface area contributed by atoms with Gasteiger partial charge in [0.05, 0.1) is 12.6 Å². The Balaban J connectivity index is 2.14. The molecule has 0 bridgehead atoms. The minimum absolute atomic E-state index is 0.0134. The van der Waals surface area contributed by atoms with Crippen LogP contribution >= 0.6 is 0 Å². The van der Waals surface area contributed by atoms with Crippen molar-refractivity contribution in [1.29, 1.82) is 0 Å². The van der Waals surface area contributed by atoms with E-state index >= 15 is 0 Å². The van der Waals surface area contributed by atoms with Gasteiger partial charge in [-0.15, -0.1) is 0 Å². The first kappa shape index (κ1) is 15.5. The molecule has 0 amide bonds. The van der Waals surface area contributed by atoms with Crippen LogP contribution in [-0.2, 0) is 21.3 Å². The van der Waals surface area contributed by atoms with Crippen LogP contribution in [0, 0.1) is 0 Å². The van der Waals surface area contributed by atoms with Crippen LogP contribution in [0.4, 0.5) is 0 Å². The first-order chi connectivity index (χ1) is 9.54. The second-order valence-electron chi connectivity index (χ2n) is 4.90. The first-order valence-electron chi connectivity index (χ1n) is 6.95. The summed E-state index contributed by atoms with van der Waals surface area (Å²) in [6, 6.07) is 3.23. The summed E-state index contributed by atoms with van der Waals surface area (Å²) in [5, 5.41) is 3.12. The fourth-order valence-electron chi connectivity index (χ4n) is 2.14. The molecule has 114 valence electrons. The molecule has 1 saturated heterocycles. The Morgan fingerprint density at radius 3 is 3.00 bits per heavy atom. The molecule has 0 aromatic carbocycles. The molecule has 1 fully saturated rings. The lowest BCUT2D eigenvalue weighted by Crippen LogP contribution is -2.35. The topological polar surface area (TPSA) is 71.8 Å². The van der Waals surface area contributed by atoms with E-state index in [1.165, 1.54) is 10.4 Å². The largest absolute Gasteiger partial charge is 0.447 e. The maximum atomic E-state index is 12.5. The summed E-state index contributed by atoms with van der Waals surface area (Å²) >= 11 is 0. The number of furan rings is 1. The lowest BCUT2D eigenvalue weighted by atomic mass is 10.4. The fraction of sp³-hybridized carbons (Fsp3) is 0.692. The molecule has 0 saturated carbocycles. The van der Waals surface area contributed by atoms with Crippen LogP contribution in [0.3, 0.4) is 0 Å². The molecule has 0 spiro atoms. The maximum absolute atomic E-state index is 12.5. The summed E-state index contributed by atoms with van der Waals surface area (Å²) in [5.41, 5.74) is 0. The van der Waals surface area contributed by atoms with Gasteiger partial charge in [-0.25, -0.2) is 8.42 Å². The predicted octanol–water partition coefficient (Wildman–Crippen LogP) is 1.19. The van der Waals surface area contributed by atoms with E-state index in [1.54, 1.807) is 6.07 Å². The van der Waals surface area contributed by atoms with E-state index < -0.39 is 10.0 Å². The lowest BCUT2D eigenvalue weighted by molar-refractivity contribution is 0.0751. The molecule has 1 aliphatic heterocycles. The Hall–Kier alpha value is -0.890. The molecule has 1 aromatic heterocycles. The smallest absolute Gasteiger partial charge is 0.276 e. The molecule has 6 nitrogen and oxygen atoms in total. The third-order valence-electron chi connectivity index (χ3n) is 3.20. The number of sulfonamides is 1. The monoisotopic (exact) mass is 302 g/mol. The predicted molar refractivity (Wildman–Crippen MR) is 74.9 cm³/mol. The van der Waals surface area contributed by atoms with E-state index in [0.717, 1.165) is 6.54 Å². The highest BCUT2D eigenvalue weighted by Gasteiger charge is 2.30. The van der Waals surface area contributed by atoms with Gasteiger partial charge >= 0.3 is 0 Å². The Morgan fingerprint density at radius 1 is 1.45 bits per heavy atom. The van der Waals surface area contributed by atoms with Gasteiger partial charge in [-0.2, -0.15) is 4.31 Å². The summed E-state index contributed by atoms with van der Waals surface area (Å²) in [6.45, 7) is 6.64. The van der Waals surface area contributed by atoms with Crippen LogP contribution in [0.1, 0.15) is 26.0 Å². The zero-order chi connectivity index (χ0) is 14.6. The van der Waals surface area contributed by atoms with Crippen molar-refractivity contribution < 1.29 is 17.6 Å². The zero-order valence-electron chi connectivity index (χ0n) is 12.0. The van der Waals surface area contributed by atoms with Gasteiger partial charge in [-0.05, 0) is 32.0 Å². The highest BCUT2D eigenvalue weighted by atomic mass is 32.2. The van der Waals surface area contributed by atoms with E-state index in [0.29, 0.717) is 38.4 Å². The second-order valence-corrected chi connectivity index (χ2v) is 6.77. The van der Waals surface area contributed by atoms with Gasteiger partial charge in [0.2, 0.25) is 5.09 Å². The quantitative estimate of drug-likeness (QED) is 0.884. The van der Waals surface area contributed by atoms with E-state index in [-0.39, 0.29) is 11.2 Å². The van der Waals surface area contributed by atoms with Gasteiger partial charge in [0.1, 0.15) is 5.76 Å². The zero-order valence-corrected chi connectivity index (χ0v) is 12.8. The van der Waals surface area contributed by atoms with Crippen molar-refractivity contribution in [1.82, 2.24) is 9.62 Å². The van der Waals surface area contributed by atoms with E-state index in [1.807, 2.05) is 13.8 Å². The first-order valence-corrected chi connectivity index (χ1v) is 8.39. The highest BCUT2D eigenvalue weighted by Crippen LogP contribution is 2.21. The Kier molecular flexibility index (Phi) is 5.20. The minimum Gasteiger partial charge on any atom is -0.447 e. The normalized spacial score (nSPS) is 21.8. The molecule has 1 atom stereocenters. The highest BCUT2D eigenvalue weighted by molar-refractivity contribution is 7.89. The average Bonchev–Trinajstić information content (AvgIpc) is 2.78. The number of hydrogen-bond acceptors (Lipinski definition) is 5.